The zero-order chi connectivity index (χ0) is 17.9. The van der Waals surface area contributed by atoms with Crippen LogP contribution in [0.1, 0.15) is 26.8 Å². The third-order valence-corrected chi connectivity index (χ3v) is 3.76. The first-order valence-electron chi connectivity index (χ1n) is 7.59. The lowest BCUT2D eigenvalue weighted by Crippen LogP contribution is -2.48. The summed E-state index contributed by atoms with van der Waals surface area (Å²) < 4.78 is 5.70. The number of aromatic nitrogens is 3. The van der Waals surface area contributed by atoms with Crippen LogP contribution in [0.25, 0.3) is 10.9 Å². The summed E-state index contributed by atoms with van der Waals surface area (Å²) in [6, 6.07) is 5.05. The second-order valence-corrected chi connectivity index (χ2v) is 5.79. The van der Waals surface area contributed by atoms with Crippen LogP contribution in [0.5, 0.6) is 0 Å². The molecule has 1 aromatic carbocycles. The number of carbonyl (C=O) groups excluding carboxylic acids is 2. The minimum atomic E-state index is -0.916. The lowest BCUT2D eigenvalue weighted by atomic mass is 10.0. The number of esters is 1. The van der Waals surface area contributed by atoms with Gasteiger partial charge in [0.15, 0.2) is 0 Å². The predicted molar refractivity (Wildman–Crippen MR) is 87.3 cm³/mol. The van der Waals surface area contributed by atoms with Crippen LogP contribution in [0.15, 0.2) is 29.1 Å². The van der Waals surface area contributed by atoms with Crippen LogP contribution in [0.2, 0.25) is 0 Å². The Labute approximate surface area is 138 Å². The van der Waals surface area contributed by atoms with E-state index in [1.807, 2.05) is 0 Å². The molecule has 2 aromatic rings. The van der Waals surface area contributed by atoms with Crippen LogP contribution in [0.4, 0.5) is 0 Å². The maximum Gasteiger partial charge on any atom is 0.328 e. The Morgan fingerprint density at radius 2 is 1.88 bits per heavy atom. The minimum absolute atomic E-state index is 0.159. The van der Waals surface area contributed by atoms with Crippen LogP contribution in [0.3, 0.4) is 0 Å². The monoisotopic (exact) mass is 332 g/mol. The Morgan fingerprint density at radius 1 is 1.21 bits per heavy atom. The molecule has 8 heteroatoms. The summed E-state index contributed by atoms with van der Waals surface area (Å²) in [4.78, 5) is 36.6. The lowest BCUT2D eigenvalue weighted by molar-refractivity contribution is -0.146. The number of rotatable bonds is 5. The van der Waals surface area contributed by atoms with E-state index in [-0.39, 0.29) is 5.92 Å². The summed E-state index contributed by atoms with van der Waals surface area (Å²) in [5, 5.41) is 10.7. The summed E-state index contributed by atoms with van der Waals surface area (Å²) in [5.74, 6) is -1.21. The smallest absolute Gasteiger partial charge is 0.328 e. The second-order valence-electron chi connectivity index (χ2n) is 5.79. The number of ether oxygens (including phenoxy) is 1. The summed E-state index contributed by atoms with van der Waals surface area (Å²) in [5.41, 5.74) is 0.0448. The molecule has 128 valence electrons. The molecule has 0 saturated heterocycles. The minimum Gasteiger partial charge on any atom is -0.467 e. The first kappa shape index (κ1) is 17.6. The van der Waals surface area contributed by atoms with Gasteiger partial charge in [0.1, 0.15) is 17.6 Å². The van der Waals surface area contributed by atoms with Crippen LogP contribution in [0, 0.1) is 5.92 Å². The zero-order valence-electron chi connectivity index (χ0n) is 14.0. The van der Waals surface area contributed by atoms with Gasteiger partial charge < -0.3 is 10.1 Å². The Hall–Kier alpha value is -2.77. The summed E-state index contributed by atoms with van der Waals surface area (Å²) in [6.45, 7) is 5.10. The maximum atomic E-state index is 12.5. The van der Waals surface area contributed by atoms with E-state index >= 15 is 0 Å². The van der Waals surface area contributed by atoms with Crippen molar-refractivity contribution in [3.63, 3.8) is 0 Å². The van der Waals surface area contributed by atoms with Gasteiger partial charge in [0.2, 0.25) is 5.91 Å². The molecule has 8 nitrogen and oxygen atoms in total. The van der Waals surface area contributed by atoms with Gasteiger partial charge in [-0.1, -0.05) is 31.2 Å². The van der Waals surface area contributed by atoms with Crippen molar-refractivity contribution in [1.29, 1.82) is 0 Å². The maximum absolute atomic E-state index is 12.5. The Bertz CT molecular complexity index is 815. The molecule has 1 amide bonds. The molecule has 2 rings (SSSR count). The third kappa shape index (κ3) is 3.42. The number of methoxy groups -OCH3 is 1. The molecule has 0 spiro atoms. The molecule has 0 aliphatic carbocycles. The van der Waals surface area contributed by atoms with E-state index in [0.717, 1.165) is 4.68 Å². The molecular weight excluding hydrogens is 312 g/mol. The molecule has 0 fully saturated rings. The number of carbonyl (C=O) groups is 2. The number of fused-ring (bicyclic) bond motifs is 1. The highest BCUT2D eigenvalue weighted by Crippen LogP contribution is 2.09. The summed E-state index contributed by atoms with van der Waals surface area (Å²) in [7, 11) is 1.26. The number of hydrogen-bond donors (Lipinski definition) is 1. The van der Waals surface area contributed by atoms with Crippen molar-refractivity contribution in [2.45, 2.75) is 32.9 Å². The average molecular weight is 332 g/mol. The second kappa shape index (κ2) is 7.20. The standard InChI is InChI=1S/C16H20N4O4/c1-9(2)13(16(23)24-4)17-14(21)10(3)20-15(22)11-7-5-6-8-12(11)18-19-20/h5-10,13H,1-4H3,(H,17,21)/t10-,13+/m0/s1. The van der Waals surface area contributed by atoms with E-state index in [0.29, 0.717) is 10.9 Å². The Morgan fingerprint density at radius 3 is 2.50 bits per heavy atom. The van der Waals surface area contributed by atoms with Gasteiger partial charge in [-0.15, -0.1) is 5.10 Å². The molecule has 0 aliphatic heterocycles. The van der Waals surface area contributed by atoms with E-state index < -0.39 is 29.5 Å². The van der Waals surface area contributed by atoms with Crippen molar-refractivity contribution in [1.82, 2.24) is 20.3 Å². The van der Waals surface area contributed by atoms with E-state index in [9.17, 15) is 14.4 Å². The first-order valence-corrected chi connectivity index (χ1v) is 7.59. The van der Waals surface area contributed by atoms with Crippen LogP contribution in [-0.2, 0) is 14.3 Å². The van der Waals surface area contributed by atoms with Gasteiger partial charge in [0, 0.05) is 0 Å². The highest BCUT2D eigenvalue weighted by atomic mass is 16.5. The summed E-state index contributed by atoms with van der Waals surface area (Å²) >= 11 is 0. The van der Waals surface area contributed by atoms with Crippen molar-refractivity contribution in [3.8, 4) is 0 Å². The molecule has 0 bridgehead atoms. The van der Waals surface area contributed by atoms with Gasteiger partial charge in [-0.3, -0.25) is 9.59 Å². The summed E-state index contributed by atoms with van der Waals surface area (Å²) in [6.07, 6.45) is 0. The van der Waals surface area contributed by atoms with Crippen LogP contribution in [-0.4, -0.2) is 40.0 Å². The van der Waals surface area contributed by atoms with Gasteiger partial charge in [-0.25, -0.2) is 4.79 Å². The highest BCUT2D eigenvalue weighted by Gasteiger charge is 2.28. The predicted octanol–water partition coefficient (Wildman–Crippen LogP) is 0.666. The van der Waals surface area contributed by atoms with E-state index in [1.54, 1.807) is 38.1 Å². The Balaban J connectivity index is 2.29. The number of hydrogen-bond acceptors (Lipinski definition) is 6. The van der Waals surface area contributed by atoms with Gasteiger partial charge in [0.25, 0.3) is 5.56 Å². The molecule has 0 aliphatic rings. The van der Waals surface area contributed by atoms with Crippen molar-refractivity contribution in [3.05, 3.63) is 34.6 Å². The molecule has 1 heterocycles. The average Bonchev–Trinajstić information content (AvgIpc) is 2.58. The first-order chi connectivity index (χ1) is 11.4. The molecule has 24 heavy (non-hydrogen) atoms. The highest BCUT2D eigenvalue weighted by molar-refractivity contribution is 5.86. The van der Waals surface area contributed by atoms with E-state index in [1.165, 1.54) is 14.0 Å². The lowest BCUT2D eigenvalue weighted by Gasteiger charge is -2.22. The van der Waals surface area contributed by atoms with Crippen molar-refractivity contribution >= 4 is 22.8 Å². The topological polar surface area (TPSA) is 103 Å². The SMILES string of the molecule is COC(=O)[C@H](NC(=O)[C@H](C)n1nnc2ccccc2c1=O)C(C)C. The molecule has 1 aromatic heterocycles. The molecule has 0 unspecified atom stereocenters. The Kier molecular flexibility index (Phi) is 5.28. The van der Waals surface area contributed by atoms with Crippen LogP contribution >= 0.6 is 0 Å². The molecular formula is C16H20N4O4. The van der Waals surface area contributed by atoms with Gasteiger partial charge in [0.05, 0.1) is 12.5 Å². The number of benzene rings is 1. The van der Waals surface area contributed by atoms with Gasteiger partial charge in [-0.05, 0) is 25.0 Å². The van der Waals surface area contributed by atoms with E-state index in [2.05, 4.69) is 15.6 Å². The van der Waals surface area contributed by atoms with Crippen molar-refractivity contribution < 1.29 is 14.3 Å². The number of nitrogens with zero attached hydrogens (tertiary/aromatic N) is 3. The molecule has 0 saturated carbocycles. The molecule has 2 atom stereocenters. The van der Waals surface area contributed by atoms with Crippen LogP contribution < -0.4 is 10.9 Å². The van der Waals surface area contributed by atoms with Crippen molar-refractivity contribution in [2.75, 3.05) is 7.11 Å². The largest absolute Gasteiger partial charge is 0.467 e. The quantitative estimate of drug-likeness (QED) is 0.807. The van der Waals surface area contributed by atoms with Crippen molar-refractivity contribution in [2.24, 2.45) is 5.92 Å². The fourth-order valence-corrected chi connectivity index (χ4v) is 2.27. The fraction of sp³-hybridized carbons (Fsp3) is 0.438. The molecule has 0 radical (unpaired) electrons. The number of nitrogens with one attached hydrogen (secondary N) is 1. The van der Waals surface area contributed by atoms with E-state index in [4.69, 9.17) is 4.74 Å². The third-order valence-electron chi connectivity index (χ3n) is 3.76. The van der Waals surface area contributed by atoms with Gasteiger partial charge in [-0.2, -0.15) is 4.68 Å². The normalized spacial score (nSPS) is 13.5. The zero-order valence-corrected chi connectivity index (χ0v) is 14.0. The van der Waals surface area contributed by atoms with Gasteiger partial charge >= 0.3 is 5.97 Å². The molecule has 1 N–H and O–H groups in total. The number of amides is 1. The fourth-order valence-electron chi connectivity index (χ4n) is 2.27.